The monoisotopic (exact) mass is 308 g/mol. The van der Waals surface area contributed by atoms with Crippen molar-refractivity contribution in [1.82, 2.24) is 0 Å². The van der Waals surface area contributed by atoms with Crippen LogP contribution in [0.1, 0.15) is 16.7 Å². The lowest BCUT2D eigenvalue weighted by Crippen LogP contribution is -2.15. The third kappa shape index (κ3) is 3.40. The molecule has 0 aliphatic carbocycles. The van der Waals surface area contributed by atoms with Gasteiger partial charge in [0.15, 0.2) is 0 Å². The molecule has 0 spiro atoms. The van der Waals surface area contributed by atoms with Crippen molar-refractivity contribution < 1.29 is 12.8 Å². The van der Waals surface area contributed by atoms with Crippen LogP contribution in [0.4, 0.5) is 10.1 Å². The molecule has 0 amide bonds. The minimum absolute atomic E-state index is 0.00988. The summed E-state index contributed by atoms with van der Waals surface area (Å²) in [5.74, 6) is -0.511. The second-order valence-corrected chi connectivity index (χ2v) is 6.56. The standard InChI is InChI=1S/C15H17FN2O2S/c1-10-3-6-15(11(2)7-10)18-21(19,20)13-4-5-14(16)12(8-13)9-17/h3-8,18H,9,17H2,1-2H3. The maximum atomic E-state index is 13.4. The summed E-state index contributed by atoms with van der Waals surface area (Å²) in [6.45, 7) is 3.69. The number of hydrogen-bond acceptors (Lipinski definition) is 3. The van der Waals surface area contributed by atoms with Crippen molar-refractivity contribution in [2.45, 2.75) is 25.3 Å². The van der Waals surface area contributed by atoms with Gasteiger partial charge >= 0.3 is 0 Å². The van der Waals surface area contributed by atoms with Crippen LogP contribution in [0.5, 0.6) is 0 Å². The van der Waals surface area contributed by atoms with Gasteiger partial charge in [0.25, 0.3) is 10.0 Å². The van der Waals surface area contributed by atoms with E-state index in [0.717, 1.165) is 17.2 Å². The fourth-order valence-electron chi connectivity index (χ4n) is 2.01. The Morgan fingerprint density at radius 2 is 1.86 bits per heavy atom. The molecule has 0 saturated heterocycles. The average Bonchev–Trinajstić information content (AvgIpc) is 2.42. The maximum absolute atomic E-state index is 13.4. The Morgan fingerprint density at radius 3 is 2.48 bits per heavy atom. The lowest BCUT2D eigenvalue weighted by molar-refractivity contribution is 0.596. The van der Waals surface area contributed by atoms with Crippen LogP contribution in [0.15, 0.2) is 41.3 Å². The first-order valence-corrected chi connectivity index (χ1v) is 7.90. The second kappa shape index (κ2) is 5.83. The summed E-state index contributed by atoms with van der Waals surface area (Å²) < 4.78 is 40.6. The fraction of sp³-hybridized carbons (Fsp3) is 0.200. The largest absolute Gasteiger partial charge is 0.326 e. The second-order valence-electron chi connectivity index (χ2n) is 4.88. The number of rotatable bonds is 4. The van der Waals surface area contributed by atoms with Gasteiger partial charge in [-0.25, -0.2) is 12.8 Å². The molecule has 0 unspecified atom stereocenters. The first-order chi connectivity index (χ1) is 9.83. The normalized spacial score (nSPS) is 11.4. The van der Waals surface area contributed by atoms with Gasteiger partial charge in [0.1, 0.15) is 5.82 Å². The van der Waals surface area contributed by atoms with Gasteiger partial charge in [0.05, 0.1) is 10.6 Å². The molecule has 0 aliphatic rings. The number of benzene rings is 2. The average molecular weight is 308 g/mol. The molecule has 0 radical (unpaired) electrons. The molecule has 0 atom stereocenters. The highest BCUT2D eigenvalue weighted by Crippen LogP contribution is 2.22. The molecule has 2 rings (SSSR count). The topological polar surface area (TPSA) is 72.2 Å². The van der Waals surface area contributed by atoms with E-state index in [1.54, 1.807) is 6.07 Å². The highest BCUT2D eigenvalue weighted by Gasteiger charge is 2.17. The van der Waals surface area contributed by atoms with Gasteiger partial charge < -0.3 is 5.73 Å². The summed E-state index contributed by atoms with van der Waals surface area (Å²) in [5.41, 5.74) is 7.93. The number of hydrogen-bond donors (Lipinski definition) is 2. The number of aryl methyl sites for hydroxylation is 2. The zero-order valence-electron chi connectivity index (χ0n) is 11.9. The van der Waals surface area contributed by atoms with Crippen molar-refractivity contribution in [3.8, 4) is 0 Å². The van der Waals surface area contributed by atoms with Crippen LogP contribution in [-0.4, -0.2) is 8.42 Å². The van der Waals surface area contributed by atoms with Crippen molar-refractivity contribution in [2.24, 2.45) is 5.73 Å². The smallest absolute Gasteiger partial charge is 0.261 e. The highest BCUT2D eigenvalue weighted by atomic mass is 32.2. The summed E-state index contributed by atoms with van der Waals surface area (Å²) in [4.78, 5) is -0.00988. The Morgan fingerprint density at radius 1 is 1.14 bits per heavy atom. The van der Waals surface area contributed by atoms with Gasteiger partial charge in [0.2, 0.25) is 0 Å². The molecular weight excluding hydrogens is 291 g/mol. The predicted molar refractivity (Wildman–Crippen MR) is 81.0 cm³/mol. The molecule has 0 heterocycles. The Labute approximate surface area is 123 Å². The van der Waals surface area contributed by atoms with Crippen molar-refractivity contribution in [2.75, 3.05) is 4.72 Å². The Bertz CT molecular complexity index is 773. The summed E-state index contributed by atoms with van der Waals surface area (Å²) in [7, 11) is -3.77. The Balaban J connectivity index is 2.38. The van der Waals surface area contributed by atoms with E-state index in [2.05, 4.69) is 4.72 Å². The summed E-state index contributed by atoms with van der Waals surface area (Å²) in [6, 6.07) is 8.99. The number of halogens is 1. The first kappa shape index (κ1) is 15.5. The summed E-state index contributed by atoms with van der Waals surface area (Å²) in [5, 5.41) is 0. The van der Waals surface area contributed by atoms with E-state index in [0.29, 0.717) is 5.69 Å². The van der Waals surface area contributed by atoms with Crippen LogP contribution in [-0.2, 0) is 16.6 Å². The third-order valence-electron chi connectivity index (χ3n) is 3.17. The van der Waals surface area contributed by atoms with Gasteiger partial charge in [0, 0.05) is 12.1 Å². The van der Waals surface area contributed by atoms with Crippen LogP contribution in [0, 0.1) is 19.7 Å². The molecule has 6 heteroatoms. The van der Waals surface area contributed by atoms with Crippen molar-refractivity contribution in [1.29, 1.82) is 0 Å². The van der Waals surface area contributed by atoms with Gasteiger partial charge in [-0.05, 0) is 43.7 Å². The Hall–Kier alpha value is -1.92. The molecule has 0 aromatic heterocycles. The first-order valence-electron chi connectivity index (χ1n) is 6.42. The number of sulfonamides is 1. The van der Waals surface area contributed by atoms with E-state index in [-0.39, 0.29) is 17.0 Å². The molecule has 0 fully saturated rings. The zero-order chi connectivity index (χ0) is 15.6. The van der Waals surface area contributed by atoms with E-state index in [1.807, 2.05) is 26.0 Å². The number of anilines is 1. The quantitative estimate of drug-likeness (QED) is 0.912. The van der Waals surface area contributed by atoms with Crippen LogP contribution < -0.4 is 10.5 Å². The van der Waals surface area contributed by atoms with E-state index < -0.39 is 15.8 Å². The van der Waals surface area contributed by atoms with E-state index in [9.17, 15) is 12.8 Å². The molecule has 2 aromatic carbocycles. The maximum Gasteiger partial charge on any atom is 0.261 e. The van der Waals surface area contributed by atoms with Crippen molar-refractivity contribution in [3.63, 3.8) is 0 Å². The van der Waals surface area contributed by atoms with E-state index in [1.165, 1.54) is 12.1 Å². The molecule has 0 bridgehead atoms. The molecule has 112 valence electrons. The lowest BCUT2D eigenvalue weighted by Gasteiger charge is -2.12. The van der Waals surface area contributed by atoms with Crippen LogP contribution in [0.3, 0.4) is 0 Å². The SMILES string of the molecule is Cc1ccc(NS(=O)(=O)c2ccc(F)c(CN)c2)c(C)c1. The lowest BCUT2D eigenvalue weighted by atomic mass is 10.1. The highest BCUT2D eigenvalue weighted by molar-refractivity contribution is 7.92. The predicted octanol–water partition coefficient (Wildman–Crippen LogP) is 2.70. The van der Waals surface area contributed by atoms with Gasteiger partial charge in [-0.2, -0.15) is 0 Å². The van der Waals surface area contributed by atoms with Crippen molar-refractivity contribution >= 4 is 15.7 Å². The van der Waals surface area contributed by atoms with Gasteiger partial charge in [-0.3, -0.25) is 4.72 Å². The zero-order valence-corrected chi connectivity index (χ0v) is 12.7. The summed E-state index contributed by atoms with van der Waals surface area (Å²) in [6.07, 6.45) is 0. The molecule has 0 saturated carbocycles. The molecule has 3 N–H and O–H groups in total. The molecule has 4 nitrogen and oxygen atoms in total. The molecular formula is C15H17FN2O2S. The van der Waals surface area contributed by atoms with Crippen molar-refractivity contribution in [3.05, 3.63) is 58.9 Å². The Kier molecular flexibility index (Phi) is 4.29. The molecule has 0 aliphatic heterocycles. The number of nitrogens with one attached hydrogen (secondary N) is 1. The molecule has 2 aromatic rings. The minimum atomic E-state index is -3.77. The summed E-state index contributed by atoms with van der Waals surface area (Å²) >= 11 is 0. The van der Waals surface area contributed by atoms with E-state index in [4.69, 9.17) is 5.73 Å². The number of nitrogens with two attached hydrogens (primary N) is 1. The third-order valence-corrected chi connectivity index (χ3v) is 4.54. The van der Waals surface area contributed by atoms with Crippen LogP contribution in [0.25, 0.3) is 0 Å². The minimum Gasteiger partial charge on any atom is -0.326 e. The van der Waals surface area contributed by atoms with Crippen LogP contribution in [0.2, 0.25) is 0 Å². The van der Waals surface area contributed by atoms with Gasteiger partial charge in [-0.1, -0.05) is 17.7 Å². The fourth-order valence-corrected chi connectivity index (χ4v) is 3.19. The van der Waals surface area contributed by atoms with E-state index >= 15 is 0 Å². The molecule has 21 heavy (non-hydrogen) atoms. The van der Waals surface area contributed by atoms with Gasteiger partial charge in [-0.15, -0.1) is 0 Å². The van der Waals surface area contributed by atoms with Crippen LogP contribution >= 0.6 is 0 Å².